The molecule has 0 saturated heterocycles. The number of carbonyl (C=O) groups is 1. The predicted octanol–water partition coefficient (Wildman–Crippen LogP) is 6.68. The minimum atomic E-state index is -0.457. The first-order valence-corrected chi connectivity index (χ1v) is 13.2. The number of ketones is 1. The third kappa shape index (κ3) is 4.49. The monoisotopic (exact) mass is 555 g/mol. The zero-order valence-corrected chi connectivity index (χ0v) is 21.9. The summed E-state index contributed by atoms with van der Waals surface area (Å²) in [6.45, 7) is 4.19. The van der Waals surface area contributed by atoms with Gasteiger partial charge in [0.15, 0.2) is 10.9 Å². The minimum Gasteiger partial charge on any atom is -0.343 e. The van der Waals surface area contributed by atoms with Gasteiger partial charge >= 0.3 is 0 Å². The average Bonchev–Trinajstić information content (AvgIpc) is 2.77. The highest BCUT2D eigenvalue weighted by Gasteiger charge is 2.42. The summed E-state index contributed by atoms with van der Waals surface area (Å²) >= 11 is 11.2. The van der Waals surface area contributed by atoms with Gasteiger partial charge in [-0.05, 0) is 41.2 Å². The lowest BCUT2D eigenvalue weighted by atomic mass is 9.69. The molecule has 0 spiro atoms. The molecule has 34 heavy (non-hydrogen) atoms. The van der Waals surface area contributed by atoms with Gasteiger partial charge in [-0.3, -0.25) is 9.59 Å². The standard InChI is InChI=1S/C26H23BrClN3O2S/c1-26(2)11-18-21(19(32)12-26)20(14-7-9-16(27)10-8-14)22-23(29-18)30-25(31-24(22)33)34-13-15-5-3-4-6-17(15)28/h3-10,20H,11-13H2,1-2H3,(H2,29,30,31,33)/t20-/m0/s1. The molecule has 0 saturated carbocycles. The molecule has 0 radical (unpaired) electrons. The molecule has 5 nitrogen and oxygen atoms in total. The number of rotatable bonds is 4. The number of thioether (sulfide) groups is 1. The Morgan fingerprint density at radius 3 is 2.59 bits per heavy atom. The Morgan fingerprint density at radius 1 is 1.12 bits per heavy atom. The molecule has 1 atom stereocenters. The topological polar surface area (TPSA) is 74.8 Å². The second-order valence-corrected chi connectivity index (χ2v) is 11.7. The van der Waals surface area contributed by atoms with E-state index in [1.54, 1.807) is 0 Å². The van der Waals surface area contributed by atoms with Crippen LogP contribution in [0.5, 0.6) is 0 Å². The van der Waals surface area contributed by atoms with Crippen LogP contribution in [0.4, 0.5) is 5.82 Å². The van der Waals surface area contributed by atoms with Gasteiger partial charge in [0.25, 0.3) is 5.56 Å². The van der Waals surface area contributed by atoms with Crippen LogP contribution in [0.15, 0.2) is 74.2 Å². The summed E-state index contributed by atoms with van der Waals surface area (Å²) in [6.07, 6.45) is 1.17. The van der Waals surface area contributed by atoms with Crippen molar-refractivity contribution >= 4 is 50.9 Å². The number of aromatic amines is 1. The van der Waals surface area contributed by atoms with Crippen molar-refractivity contribution in [1.29, 1.82) is 0 Å². The number of nitrogens with zero attached hydrogens (tertiary/aromatic N) is 1. The molecule has 1 aliphatic heterocycles. The van der Waals surface area contributed by atoms with E-state index in [0.29, 0.717) is 39.3 Å². The van der Waals surface area contributed by atoms with Gasteiger partial charge in [-0.2, -0.15) is 0 Å². The maximum atomic E-state index is 13.4. The highest BCUT2D eigenvalue weighted by molar-refractivity contribution is 9.10. The van der Waals surface area contributed by atoms with Crippen LogP contribution < -0.4 is 10.9 Å². The number of Topliss-reactive ketones (excluding diaryl/α,β-unsaturated/α-hetero) is 1. The van der Waals surface area contributed by atoms with Gasteiger partial charge in [-0.15, -0.1) is 0 Å². The number of aromatic nitrogens is 2. The molecule has 2 N–H and O–H groups in total. The predicted molar refractivity (Wildman–Crippen MR) is 141 cm³/mol. The van der Waals surface area contributed by atoms with E-state index in [0.717, 1.165) is 27.7 Å². The van der Waals surface area contributed by atoms with Crippen molar-refractivity contribution in [3.8, 4) is 0 Å². The average molecular weight is 557 g/mol. The van der Waals surface area contributed by atoms with Crippen molar-refractivity contribution in [2.75, 3.05) is 5.32 Å². The Labute approximate surface area is 215 Å². The maximum Gasteiger partial charge on any atom is 0.257 e. The molecule has 0 unspecified atom stereocenters. The molecule has 0 bridgehead atoms. The van der Waals surface area contributed by atoms with Crippen LogP contribution in [-0.2, 0) is 10.5 Å². The zero-order chi connectivity index (χ0) is 24.0. The summed E-state index contributed by atoms with van der Waals surface area (Å²) in [5, 5.41) is 4.56. The number of H-pyrrole nitrogens is 1. The smallest absolute Gasteiger partial charge is 0.257 e. The molecule has 1 aromatic heterocycles. The fraction of sp³-hybridized carbons (Fsp3) is 0.269. The summed E-state index contributed by atoms with van der Waals surface area (Å²) in [5.74, 6) is 0.718. The van der Waals surface area contributed by atoms with Crippen molar-refractivity contribution in [1.82, 2.24) is 9.97 Å². The number of hydrogen-bond donors (Lipinski definition) is 2. The molecule has 5 rings (SSSR count). The number of halogens is 2. The SMILES string of the molecule is CC1(C)CC(=O)C2=C(C1)Nc1nc(SCc3ccccc3Cl)[nH]c(=O)c1[C@H]2c1ccc(Br)cc1. The summed E-state index contributed by atoms with van der Waals surface area (Å²) in [6, 6.07) is 15.4. The zero-order valence-electron chi connectivity index (χ0n) is 18.7. The minimum absolute atomic E-state index is 0.0777. The Kier molecular flexibility index (Phi) is 6.21. The number of benzene rings is 2. The maximum absolute atomic E-state index is 13.4. The van der Waals surface area contributed by atoms with Crippen LogP contribution in [0.25, 0.3) is 0 Å². The molecule has 0 amide bonds. The van der Waals surface area contributed by atoms with E-state index in [1.165, 1.54) is 11.8 Å². The number of nitrogens with one attached hydrogen (secondary N) is 2. The third-order valence-corrected chi connectivity index (χ3v) is 8.05. The van der Waals surface area contributed by atoms with Crippen LogP contribution >= 0.6 is 39.3 Å². The van der Waals surface area contributed by atoms with Crippen molar-refractivity contribution < 1.29 is 4.79 Å². The summed E-state index contributed by atoms with van der Waals surface area (Å²) < 4.78 is 0.939. The Balaban J connectivity index is 1.59. The highest BCUT2D eigenvalue weighted by Crippen LogP contribution is 2.47. The van der Waals surface area contributed by atoms with E-state index < -0.39 is 5.92 Å². The van der Waals surface area contributed by atoms with Gasteiger partial charge < -0.3 is 10.3 Å². The Morgan fingerprint density at radius 2 is 1.85 bits per heavy atom. The Hall–Kier alpha value is -2.35. The molecule has 2 aliphatic rings. The third-order valence-electron chi connectivity index (χ3n) is 6.23. The van der Waals surface area contributed by atoms with Gasteiger partial charge in [0.05, 0.1) is 5.56 Å². The van der Waals surface area contributed by atoms with Crippen LogP contribution in [-0.4, -0.2) is 15.8 Å². The van der Waals surface area contributed by atoms with Crippen molar-refractivity contribution in [3.05, 3.63) is 96.3 Å². The van der Waals surface area contributed by atoms with E-state index >= 15 is 0 Å². The van der Waals surface area contributed by atoms with Gasteiger partial charge in [0.1, 0.15) is 5.82 Å². The van der Waals surface area contributed by atoms with Crippen LogP contribution in [0.3, 0.4) is 0 Å². The first-order valence-electron chi connectivity index (χ1n) is 11.0. The number of hydrogen-bond acceptors (Lipinski definition) is 5. The Bertz CT molecular complexity index is 1380. The van der Waals surface area contributed by atoms with E-state index in [-0.39, 0.29) is 16.8 Å². The highest BCUT2D eigenvalue weighted by atomic mass is 79.9. The first-order chi connectivity index (χ1) is 16.2. The second-order valence-electron chi connectivity index (χ2n) is 9.46. The van der Waals surface area contributed by atoms with Gasteiger partial charge in [0, 0.05) is 38.9 Å². The van der Waals surface area contributed by atoms with Crippen LogP contribution in [0.2, 0.25) is 5.02 Å². The second kappa shape index (κ2) is 9.02. The van der Waals surface area contributed by atoms with Gasteiger partial charge in [-0.25, -0.2) is 4.98 Å². The summed E-state index contributed by atoms with van der Waals surface area (Å²) in [5.41, 5.74) is 3.50. The molecule has 174 valence electrons. The van der Waals surface area contributed by atoms with E-state index in [9.17, 15) is 9.59 Å². The fourth-order valence-electron chi connectivity index (χ4n) is 4.71. The number of carbonyl (C=O) groups excluding carboxylic acids is 1. The van der Waals surface area contributed by atoms with E-state index in [2.05, 4.69) is 40.1 Å². The molecule has 2 heterocycles. The summed E-state index contributed by atoms with van der Waals surface area (Å²) in [4.78, 5) is 34.4. The van der Waals surface area contributed by atoms with Gasteiger partial charge in [0.2, 0.25) is 0 Å². The lowest BCUT2D eigenvalue weighted by Gasteiger charge is -2.38. The van der Waals surface area contributed by atoms with E-state index in [4.69, 9.17) is 16.6 Å². The lowest BCUT2D eigenvalue weighted by molar-refractivity contribution is -0.118. The molecule has 8 heteroatoms. The molecule has 3 aromatic rings. The van der Waals surface area contributed by atoms with Crippen LogP contribution in [0.1, 0.15) is 49.3 Å². The molecular formula is C26H23BrClN3O2S. The van der Waals surface area contributed by atoms with Crippen molar-refractivity contribution in [2.45, 2.75) is 43.5 Å². The fourth-order valence-corrected chi connectivity index (χ4v) is 6.12. The van der Waals surface area contributed by atoms with Crippen molar-refractivity contribution in [2.24, 2.45) is 5.41 Å². The lowest BCUT2D eigenvalue weighted by Crippen LogP contribution is -2.37. The molecule has 1 aliphatic carbocycles. The quantitative estimate of drug-likeness (QED) is 0.277. The molecule has 0 fully saturated rings. The number of fused-ring (bicyclic) bond motifs is 1. The number of anilines is 1. The number of allylic oxidation sites excluding steroid dienone is 2. The largest absolute Gasteiger partial charge is 0.343 e. The molecule has 2 aromatic carbocycles. The van der Waals surface area contributed by atoms with Crippen molar-refractivity contribution in [3.63, 3.8) is 0 Å². The normalized spacial score (nSPS) is 18.8. The van der Waals surface area contributed by atoms with Crippen LogP contribution in [0, 0.1) is 5.41 Å². The summed E-state index contributed by atoms with van der Waals surface area (Å²) in [7, 11) is 0. The van der Waals surface area contributed by atoms with Gasteiger partial charge in [-0.1, -0.05) is 83.5 Å². The van der Waals surface area contributed by atoms with E-state index in [1.807, 2.05) is 48.5 Å². The molecular weight excluding hydrogens is 534 g/mol. The first kappa shape index (κ1) is 23.4.